The lowest BCUT2D eigenvalue weighted by molar-refractivity contribution is -0.153. The van der Waals surface area contributed by atoms with Crippen molar-refractivity contribution in [3.63, 3.8) is 0 Å². The van der Waals surface area contributed by atoms with E-state index in [2.05, 4.69) is 20.3 Å². The summed E-state index contributed by atoms with van der Waals surface area (Å²) in [7, 11) is 3.66. The van der Waals surface area contributed by atoms with Crippen molar-refractivity contribution in [2.24, 2.45) is 12.0 Å². The highest BCUT2D eigenvalue weighted by atomic mass is 127. The Hall–Kier alpha value is -1.98. The van der Waals surface area contributed by atoms with E-state index in [0.717, 1.165) is 31.0 Å². The molecule has 0 bridgehead atoms. The Labute approximate surface area is 185 Å². The minimum atomic E-state index is -4.34. The Morgan fingerprint density at radius 1 is 1.31 bits per heavy atom. The van der Waals surface area contributed by atoms with E-state index in [1.165, 1.54) is 5.56 Å². The van der Waals surface area contributed by atoms with E-state index in [1.807, 2.05) is 24.1 Å². The summed E-state index contributed by atoms with van der Waals surface area (Å²) in [5, 5.41) is 7.56. The minimum absolute atomic E-state index is 0. The SMILES string of the molecule is CN=C(NCc1ccc(OCC(F)(F)F)cc1)N1CCC(c2cnn(C)c2)C1.I. The van der Waals surface area contributed by atoms with Crippen LogP contribution in [-0.2, 0) is 13.6 Å². The summed E-state index contributed by atoms with van der Waals surface area (Å²) in [5.74, 6) is 1.44. The molecular formula is C19H25F3IN5O. The van der Waals surface area contributed by atoms with Gasteiger partial charge in [0.2, 0.25) is 0 Å². The van der Waals surface area contributed by atoms with Gasteiger partial charge in [-0.2, -0.15) is 18.3 Å². The number of alkyl halides is 3. The third kappa shape index (κ3) is 6.79. The van der Waals surface area contributed by atoms with Gasteiger partial charge < -0.3 is 15.0 Å². The lowest BCUT2D eigenvalue weighted by Gasteiger charge is -2.21. The van der Waals surface area contributed by atoms with E-state index >= 15 is 0 Å². The summed E-state index contributed by atoms with van der Waals surface area (Å²) < 4.78 is 43.1. The second-order valence-corrected chi connectivity index (χ2v) is 6.83. The fraction of sp³-hybridized carbons (Fsp3) is 0.474. The molecule has 0 spiro atoms. The summed E-state index contributed by atoms with van der Waals surface area (Å²) in [6, 6.07) is 6.57. The number of guanidine groups is 1. The van der Waals surface area contributed by atoms with Gasteiger partial charge in [0.15, 0.2) is 12.6 Å². The zero-order valence-electron chi connectivity index (χ0n) is 16.3. The molecule has 10 heteroatoms. The van der Waals surface area contributed by atoms with Gasteiger partial charge in [0.1, 0.15) is 5.75 Å². The molecule has 0 radical (unpaired) electrons. The number of ether oxygens (including phenoxy) is 1. The molecule has 1 saturated heterocycles. The topological polar surface area (TPSA) is 54.7 Å². The first-order valence-electron chi connectivity index (χ1n) is 9.06. The Balaban J connectivity index is 0.00000300. The molecule has 3 rings (SSSR count). The van der Waals surface area contributed by atoms with Crippen LogP contribution >= 0.6 is 24.0 Å². The van der Waals surface area contributed by atoms with Gasteiger partial charge >= 0.3 is 6.18 Å². The van der Waals surface area contributed by atoms with Crippen molar-refractivity contribution in [1.29, 1.82) is 0 Å². The largest absolute Gasteiger partial charge is 0.484 e. The van der Waals surface area contributed by atoms with Gasteiger partial charge in [-0.25, -0.2) is 0 Å². The summed E-state index contributed by atoms with van der Waals surface area (Å²) in [6.45, 7) is 1.02. The van der Waals surface area contributed by atoms with E-state index in [9.17, 15) is 13.2 Å². The van der Waals surface area contributed by atoms with E-state index < -0.39 is 12.8 Å². The lowest BCUT2D eigenvalue weighted by Crippen LogP contribution is -2.39. The number of rotatable bonds is 5. The standard InChI is InChI=1S/C19H24F3N5O.HI/c1-23-18(27-8-7-15(12-27)16-10-25-26(2)11-16)24-9-14-3-5-17(6-4-14)28-13-19(20,21)22;/h3-6,10-11,15H,7-9,12-13H2,1-2H3,(H,23,24);1H. The van der Waals surface area contributed by atoms with Crippen molar-refractivity contribution >= 4 is 29.9 Å². The Kier molecular flexibility index (Phi) is 8.17. The zero-order chi connectivity index (χ0) is 20.1. The van der Waals surface area contributed by atoms with Crippen LogP contribution in [0.5, 0.6) is 5.75 Å². The van der Waals surface area contributed by atoms with E-state index in [0.29, 0.717) is 12.5 Å². The van der Waals surface area contributed by atoms with Crippen molar-refractivity contribution < 1.29 is 17.9 Å². The molecule has 1 aromatic carbocycles. The number of hydrogen-bond donors (Lipinski definition) is 1. The Bertz CT molecular complexity index is 807. The van der Waals surface area contributed by atoms with Crippen LogP contribution in [0.2, 0.25) is 0 Å². The van der Waals surface area contributed by atoms with Crippen LogP contribution in [0, 0.1) is 0 Å². The van der Waals surface area contributed by atoms with Crippen molar-refractivity contribution in [3.8, 4) is 5.75 Å². The highest BCUT2D eigenvalue weighted by Gasteiger charge is 2.28. The molecule has 2 aromatic rings. The average molecular weight is 523 g/mol. The molecule has 160 valence electrons. The lowest BCUT2D eigenvalue weighted by atomic mass is 10.0. The number of aliphatic imine (C=N–C) groups is 1. The van der Waals surface area contributed by atoms with Gasteiger partial charge in [-0.05, 0) is 29.7 Å². The van der Waals surface area contributed by atoms with E-state index in [4.69, 9.17) is 4.74 Å². The van der Waals surface area contributed by atoms with E-state index in [1.54, 1.807) is 31.3 Å². The molecule has 0 amide bonds. The molecule has 6 nitrogen and oxygen atoms in total. The molecule has 2 heterocycles. The number of nitrogens with one attached hydrogen (secondary N) is 1. The summed E-state index contributed by atoms with van der Waals surface area (Å²) in [4.78, 5) is 6.56. The molecule has 1 aromatic heterocycles. The van der Waals surface area contributed by atoms with Crippen LogP contribution in [0.4, 0.5) is 13.2 Å². The fourth-order valence-electron chi connectivity index (χ4n) is 3.26. The maximum Gasteiger partial charge on any atom is 0.422 e. The molecule has 1 N–H and O–H groups in total. The van der Waals surface area contributed by atoms with Crippen molar-refractivity contribution in [2.75, 3.05) is 26.7 Å². The van der Waals surface area contributed by atoms with Crippen LogP contribution in [0.25, 0.3) is 0 Å². The molecule has 1 aliphatic heterocycles. The molecule has 1 fully saturated rings. The molecular weight excluding hydrogens is 498 g/mol. The third-order valence-electron chi connectivity index (χ3n) is 4.67. The average Bonchev–Trinajstić information content (AvgIpc) is 3.30. The number of aromatic nitrogens is 2. The summed E-state index contributed by atoms with van der Waals surface area (Å²) in [5.41, 5.74) is 2.17. The normalized spacial score (nSPS) is 17.2. The first-order chi connectivity index (χ1) is 13.3. The number of halogens is 4. The van der Waals surface area contributed by atoms with Crippen molar-refractivity contribution in [3.05, 3.63) is 47.8 Å². The van der Waals surface area contributed by atoms with Gasteiger partial charge in [-0.15, -0.1) is 24.0 Å². The Morgan fingerprint density at radius 2 is 2.03 bits per heavy atom. The molecule has 1 unspecified atom stereocenters. The van der Waals surface area contributed by atoms with Crippen molar-refractivity contribution in [1.82, 2.24) is 20.0 Å². The first-order valence-corrected chi connectivity index (χ1v) is 9.06. The fourth-order valence-corrected chi connectivity index (χ4v) is 3.26. The second-order valence-electron chi connectivity index (χ2n) is 6.83. The van der Waals surface area contributed by atoms with Crippen LogP contribution in [0.3, 0.4) is 0 Å². The van der Waals surface area contributed by atoms with Crippen LogP contribution in [0.1, 0.15) is 23.5 Å². The highest BCUT2D eigenvalue weighted by Crippen LogP contribution is 2.26. The number of aryl methyl sites for hydroxylation is 1. The minimum Gasteiger partial charge on any atom is -0.484 e. The van der Waals surface area contributed by atoms with Gasteiger partial charge in [-0.3, -0.25) is 9.67 Å². The third-order valence-corrected chi connectivity index (χ3v) is 4.67. The predicted octanol–water partition coefficient (Wildman–Crippen LogP) is 3.54. The number of likely N-dealkylation sites (tertiary alicyclic amines) is 1. The number of hydrogen-bond acceptors (Lipinski definition) is 3. The van der Waals surface area contributed by atoms with Crippen molar-refractivity contribution in [2.45, 2.75) is 25.1 Å². The number of benzene rings is 1. The summed E-state index contributed by atoms with van der Waals surface area (Å²) in [6.07, 6.45) is 0.660. The zero-order valence-corrected chi connectivity index (χ0v) is 18.6. The van der Waals surface area contributed by atoms with Gasteiger partial charge in [0, 0.05) is 45.8 Å². The van der Waals surface area contributed by atoms with E-state index in [-0.39, 0.29) is 29.7 Å². The maximum absolute atomic E-state index is 12.2. The predicted molar refractivity (Wildman–Crippen MR) is 116 cm³/mol. The van der Waals surface area contributed by atoms with Gasteiger partial charge in [-0.1, -0.05) is 12.1 Å². The molecule has 29 heavy (non-hydrogen) atoms. The highest BCUT2D eigenvalue weighted by molar-refractivity contribution is 14.0. The molecule has 1 atom stereocenters. The van der Waals surface area contributed by atoms with Crippen LogP contribution in [0.15, 0.2) is 41.7 Å². The summed E-state index contributed by atoms with van der Waals surface area (Å²) >= 11 is 0. The quantitative estimate of drug-likeness (QED) is 0.370. The Morgan fingerprint density at radius 3 is 2.62 bits per heavy atom. The van der Waals surface area contributed by atoms with Gasteiger partial charge in [0.05, 0.1) is 6.20 Å². The van der Waals surface area contributed by atoms with Gasteiger partial charge in [0.25, 0.3) is 0 Å². The monoisotopic (exact) mass is 523 g/mol. The first kappa shape index (κ1) is 23.3. The van der Waals surface area contributed by atoms with Crippen LogP contribution < -0.4 is 10.1 Å². The smallest absolute Gasteiger partial charge is 0.422 e. The van der Waals surface area contributed by atoms with Crippen LogP contribution in [-0.4, -0.2) is 53.6 Å². The molecule has 0 saturated carbocycles. The second kappa shape index (κ2) is 10.2. The molecule has 0 aliphatic carbocycles. The molecule has 1 aliphatic rings. The maximum atomic E-state index is 12.2. The number of nitrogens with zero attached hydrogens (tertiary/aromatic N) is 4.